The fourth-order valence-corrected chi connectivity index (χ4v) is 1.93. The van der Waals surface area contributed by atoms with Crippen LogP contribution in [-0.4, -0.2) is 38.8 Å². The van der Waals surface area contributed by atoms with Crippen molar-refractivity contribution in [2.24, 2.45) is 0 Å². The van der Waals surface area contributed by atoms with Crippen LogP contribution in [0, 0.1) is 0 Å². The third kappa shape index (κ3) is 7.32. The van der Waals surface area contributed by atoms with Gasteiger partial charge in [0.05, 0.1) is 6.61 Å². The first-order chi connectivity index (χ1) is 10.0. The van der Waals surface area contributed by atoms with E-state index in [4.69, 9.17) is 21.1 Å². The number of nitrogens with one attached hydrogen (secondary N) is 2. The molecule has 1 rings (SSSR count). The quantitative estimate of drug-likeness (QED) is 0.684. The van der Waals surface area contributed by atoms with E-state index in [1.807, 2.05) is 19.9 Å². The highest BCUT2D eigenvalue weighted by Crippen LogP contribution is 2.22. The van der Waals surface area contributed by atoms with Gasteiger partial charge in [0.2, 0.25) is 0 Å². The number of ether oxygens (including phenoxy) is 2. The zero-order chi connectivity index (χ0) is 15.7. The van der Waals surface area contributed by atoms with Crippen molar-refractivity contribution in [1.82, 2.24) is 10.6 Å². The average molecular weight is 315 g/mol. The van der Waals surface area contributed by atoms with Crippen LogP contribution in [0.3, 0.4) is 0 Å². The maximum Gasteiger partial charge on any atom is 0.258 e. The number of carbonyl (C=O) groups excluding carboxylic acids is 1. The zero-order valence-electron chi connectivity index (χ0n) is 12.7. The molecular weight excluding hydrogens is 292 g/mol. The van der Waals surface area contributed by atoms with Crippen molar-refractivity contribution in [2.45, 2.75) is 26.4 Å². The Bertz CT molecular complexity index is 453. The normalized spacial score (nSPS) is 10.7. The number of rotatable bonds is 9. The summed E-state index contributed by atoms with van der Waals surface area (Å²) in [5.74, 6) is 0.515. The fraction of sp³-hybridized carbons (Fsp3) is 0.533. The Balaban J connectivity index is 2.57. The van der Waals surface area contributed by atoms with Crippen LogP contribution in [0.5, 0.6) is 5.75 Å². The maximum absolute atomic E-state index is 11.6. The summed E-state index contributed by atoms with van der Waals surface area (Å²) < 4.78 is 10.5. The van der Waals surface area contributed by atoms with Gasteiger partial charge in [0.15, 0.2) is 6.61 Å². The van der Waals surface area contributed by atoms with E-state index in [0.717, 1.165) is 12.1 Å². The van der Waals surface area contributed by atoms with Crippen LogP contribution in [0.25, 0.3) is 0 Å². The molecule has 0 atom stereocenters. The summed E-state index contributed by atoms with van der Waals surface area (Å²) in [6.07, 6.45) is 0. The van der Waals surface area contributed by atoms with Crippen LogP contribution in [0.2, 0.25) is 5.02 Å². The molecule has 118 valence electrons. The maximum atomic E-state index is 11.6. The van der Waals surface area contributed by atoms with Gasteiger partial charge in [-0.25, -0.2) is 0 Å². The predicted octanol–water partition coefficient (Wildman–Crippen LogP) is 1.98. The topological polar surface area (TPSA) is 59.6 Å². The van der Waals surface area contributed by atoms with E-state index in [2.05, 4.69) is 10.6 Å². The summed E-state index contributed by atoms with van der Waals surface area (Å²) in [7, 11) is 1.66. The van der Waals surface area contributed by atoms with Gasteiger partial charge in [-0.15, -0.1) is 0 Å². The second-order valence-electron chi connectivity index (χ2n) is 4.93. The highest BCUT2D eigenvalue weighted by Gasteiger charge is 2.08. The molecule has 1 aromatic rings. The lowest BCUT2D eigenvalue weighted by molar-refractivity contribution is -0.123. The van der Waals surface area contributed by atoms with Gasteiger partial charge in [-0.3, -0.25) is 4.79 Å². The molecule has 0 aliphatic heterocycles. The molecule has 0 radical (unpaired) electrons. The Kier molecular flexibility index (Phi) is 8.12. The van der Waals surface area contributed by atoms with E-state index in [0.29, 0.717) is 23.9 Å². The lowest BCUT2D eigenvalue weighted by Crippen LogP contribution is -2.34. The smallest absolute Gasteiger partial charge is 0.258 e. The van der Waals surface area contributed by atoms with Gasteiger partial charge in [0.1, 0.15) is 5.75 Å². The summed E-state index contributed by atoms with van der Waals surface area (Å²) in [5.41, 5.74) is 0.913. The summed E-state index contributed by atoms with van der Waals surface area (Å²) in [6.45, 7) is 5.77. The molecule has 0 bridgehead atoms. The predicted molar refractivity (Wildman–Crippen MR) is 83.8 cm³/mol. The number of amides is 1. The minimum Gasteiger partial charge on any atom is -0.483 e. The molecule has 0 aromatic heterocycles. The van der Waals surface area contributed by atoms with Crippen molar-refractivity contribution in [2.75, 3.05) is 26.9 Å². The molecule has 0 aliphatic carbocycles. The van der Waals surface area contributed by atoms with Gasteiger partial charge in [-0.2, -0.15) is 0 Å². The van der Waals surface area contributed by atoms with Crippen molar-refractivity contribution in [3.63, 3.8) is 0 Å². The fourth-order valence-electron chi connectivity index (χ4n) is 1.73. The molecule has 5 nitrogen and oxygen atoms in total. The SMILES string of the molecule is COCCNCc1cc(Cl)ccc1OCC(=O)NC(C)C. The van der Waals surface area contributed by atoms with Crippen molar-refractivity contribution in [1.29, 1.82) is 0 Å². The molecule has 0 aliphatic rings. The molecule has 1 amide bonds. The second kappa shape index (κ2) is 9.60. The van der Waals surface area contributed by atoms with Crippen LogP contribution in [-0.2, 0) is 16.1 Å². The van der Waals surface area contributed by atoms with Crippen molar-refractivity contribution < 1.29 is 14.3 Å². The third-order valence-electron chi connectivity index (χ3n) is 2.63. The molecule has 0 fully saturated rings. The van der Waals surface area contributed by atoms with E-state index in [-0.39, 0.29) is 18.6 Å². The van der Waals surface area contributed by atoms with Gasteiger partial charge in [0.25, 0.3) is 5.91 Å². The van der Waals surface area contributed by atoms with Gasteiger partial charge < -0.3 is 20.1 Å². The molecule has 0 heterocycles. The first-order valence-corrected chi connectivity index (χ1v) is 7.31. The summed E-state index contributed by atoms with van der Waals surface area (Å²) in [6, 6.07) is 5.45. The molecule has 0 saturated carbocycles. The molecular formula is C15H23ClN2O3. The molecule has 6 heteroatoms. The van der Waals surface area contributed by atoms with Crippen LogP contribution < -0.4 is 15.4 Å². The number of halogens is 1. The highest BCUT2D eigenvalue weighted by atomic mass is 35.5. The lowest BCUT2D eigenvalue weighted by Gasteiger charge is -2.13. The Hall–Kier alpha value is -1.30. The third-order valence-corrected chi connectivity index (χ3v) is 2.86. The molecule has 1 aromatic carbocycles. The van der Waals surface area contributed by atoms with Gasteiger partial charge in [-0.05, 0) is 32.0 Å². The minimum absolute atomic E-state index is 0.00904. The van der Waals surface area contributed by atoms with Crippen molar-refractivity contribution in [3.8, 4) is 5.75 Å². The molecule has 2 N–H and O–H groups in total. The lowest BCUT2D eigenvalue weighted by atomic mass is 10.2. The summed E-state index contributed by atoms with van der Waals surface area (Å²) in [4.78, 5) is 11.6. The van der Waals surface area contributed by atoms with E-state index >= 15 is 0 Å². The molecule has 0 spiro atoms. The molecule has 0 saturated heterocycles. The Labute approximate surface area is 131 Å². The average Bonchev–Trinajstić information content (AvgIpc) is 2.42. The van der Waals surface area contributed by atoms with Gasteiger partial charge >= 0.3 is 0 Å². The van der Waals surface area contributed by atoms with Crippen molar-refractivity contribution >= 4 is 17.5 Å². The summed E-state index contributed by atoms with van der Waals surface area (Å²) in [5, 5.41) is 6.64. The highest BCUT2D eigenvalue weighted by molar-refractivity contribution is 6.30. The van der Waals surface area contributed by atoms with Crippen molar-refractivity contribution in [3.05, 3.63) is 28.8 Å². The standard InChI is InChI=1S/C15H23ClN2O3/c1-11(2)18-15(19)10-21-14-5-4-13(16)8-12(14)9-17-6-7-20-3/h4-5,8,11,17H,6-7,9-10H2,1-3H3,(H,18,19). The first kappa shape index (κ1) is 17.8. The Morgan fingerprint density at radius 2 is 2.14 bits per heavy atom. The van der Waals surface area contributed by atoms with Crippen LogP contribution in [0.4, 0.5) is 0 Å². The Morgan fingerprint density at radius 1 is 1.38 bits per heavy atom. The van der Waals surface area contributed by atoms with E-state index in [1.54, 1.807) is 19.2 Å². The van der Waals surface area contributed by atoms with Gasteiger partial charge in [0, 0.05) is 36.8 Å². The monoisotopic (exact) mass is 314 g/mol. The van der Waals surface area contributed by atoms with E-state index < -0.39 is 0 Å². The molecule has 21 heavy (non-hydrogen) atoms. The number of methoxy groups -OCH3 is 1. The van der Waals surface area contributed by atoms with Gasteiger partial charge in [-0.1, -0.05) is 11.6 Å². The first-order valence-electron chi connectivity index (χ1n) is 6.93. The number of hydrogen-bond donors (Lipinski definition) is 2. The zero-order valence-corrected chi connectivity index (χ0v) is 13.5. The van der Waals surface area contributed by atoms with E-state index in [1.165, 1.54) is 0 Å². The Morgan fingerprint density at radius 3 is 2.81 bits per heavy atom. The largest absolute Gasteiger partial charge is 0.483 e. The number of carbonyl (C=O) groups is 1. The number of benzene rings is 1. The van der Waals surface area contributed by atoms with Crippen LogP contribution >= 0.6 is 11.6 Å². The van der Waals surface area contributed by atoms with Crippen LogP contribution in [0.1, 0.15) is 19.4 Å². The second-order valence-corrected chi connectivity index (χ2v) is 5.37. The molecule has 0 unspecified atom stereocenters. The minimum atomic E-state index is -0.141. The van der Waals surface area contributed by atoms with E-state index in [9.17, 15) is 4.79 Å². The number of hydrogen-bond acceptors (Lipinski definition) is 4. The van der Waals surface area contributed by atoms with Crippen LogP contribution in [0.15, 0.2) is 18.2 Å². The summed E-state index contributed by atoms with van der Waals surface area (Å²) >= 11 is 6.00.